The number of alkyl halides is 3. The first-order chi connectivity index (χ1) is 21.5. The Bertz CT molecular complexity index is 1430. The summed E-state index contributed by atoms with van der Waals surface area (Å²) >= 11 is 1.91. The van der Waals surface area contributed by atoms with Crippen molar-refractivity contribution in [1.29, 1.82) is 0 Å². The molecule has 1 aromatic heterocycles. The van der Waals surface area contributed by atoms with E-state index in [0.29, 0.717) is 37.9 Å². The third-order valence-corrected chi connectivity index (χ3v) is 10.1. The Morgan fingerprint density at radius 3 is 2.48 bits per heavy atom. The number of aromatic nitrogens is 2. The lowest BCUT2D eigenvalue weighted by molar-refractivity contribution is -0.141. The summed E-state index contributed by atoms with van der Waals surface area (Å²) in [5.41, 5.74) is 4.54. The van der Waals surface area contributed by atoms with E-state index in [4.69, 9.17) is 10.5 Å². The van der Waals surface area contributed by atoms with Crippen LogP contribution in [-0.4, -0.2) is 56.8 Å². The van der Waals surface area contributed by atoms with E-state index in [1.54, 1.807) is 6.07 Å². The van der Waals surface area contributed by atoms with Gasteiger partial charge in [0.05, 0.1) is 22.5 Å². The van der Waals surface area contributed by atoms with Crippen molar-refractivity contribution in [2.45, 2.75) is 115 Å². The Morgan fingerprint density at radius 2 is 1.85 bits per heavy atom. The van der Waals surface area contributed by atoms with E-state index in [1.165, 1.54) is 23.2 Å². The summed E-state index contributed by atoms with van der Waals surface area (Å²) in [7, 11) is 0. The Morgan fingerprint density at radius 1 is 1.15 bits per heavy atom. The normalized spacial score (nSPS) is 19.8. The van der Waals surface area contributed by atoms with Crippen molar-refractivity contribution >= 4 is 35.2 Å². The predicted molar refractivity (Wildman–Crippen MR) is 174 cm³/mol. The highest BCUT2D eigenvalue weighted by Crippen LogP contribution is 2.42. The van der Waals surface area contributed by atoms with Crippen LogP contribution in [0.4, 0.5) is 23.7 Å². The third kappa shape index (κ3) is 8.98. The minimum Gasteiger partial charge on any atom is -0.446 e. The molecule has 0 atom stereocenters. The number of rotatable bonds is 12. The number of primary amides is 1. The van der Waals surface area contributed by atoms with Gasteiger partial charge in [-0.05, 0) is 74.3 Å². The van der Waals surface area contributed by atoms with E-state index < -0.39 is 40.6 Å². The summed E-state index contributed by atoms with van der Waals surface area (Å²) in [5.74, 6) is -0.181. The first-order valence-electron chi connectivity index (χ1n) is 16.0. The molecular formula is C33H46F3N5O4S. The molecule has 1 heterocycles. The van der Waals surface area contributed by atoms with Crippen LogP contribution in [0.3, 0.4) is 0 Å². The average Bonchev–Trinajstić information content (AvgIpc) is 3.33. The molecule has 0 unspecified atom stereocenters. The molecule has 46 heavy (non-hydrogen) atoms. The molecule has 1 fully saturated rings. The van der Waals surface area contributed by atoms with Gasteiger partial charge in [-0.1, -0.05) is 41.0 Å². The number of nitrogens with one attached hydrogen (secondary N) is 2. The van der Waals surface area contributed by atoms with Crippen molar-refractivity contribution in [3.05, 3.63) is 40.7 Å². The first kappa shape index (κ1) is 35.6. The van der Waals surface area contributed by atoms with E-state index in [9.17, 15) is 27.6 Å². The van der Waals surface area contributed by atoms with Crippen molar-refractivity contribution in [2.24, 2.45) is 11.1 Å². The van der Waals surface area contributed by atoms with Gasteiger partial charge in [0.25, 0.3) is 5.91 Å². The summed E-state index contributed by atoms with van der Waals surface area (Å²) in [6, 6.07) is 4.41. The monoisotopic (exact) mass is 665 g/mol. The summed E-state index contributed by atoms with van der Waals surface area (Å²) in [4.78, 5) is 37.6. The van der Waals surface area contributed by atoms with Crippen LogP contribution in [0.2, 0.25) is 0 Å². The Balaban J connectivity index is 1.42. The highest BCUT2D eigenvalue weighted by molar-refractivity contribution is 8.00. The van der Waals surface area contributed by atoms with Crippen LogP contribution in [0.15, 0.2) is 18.2 Å². The summed E-state index contributed by atoms with van der Waals surface area (Å²) in [6.07, 6.45) is 0.389. The number of ether oxygens (including phenoxy) is 1. The van der Waals surface area contributed by atoms with Gasteiger partial charge in [0, 0.05) is 29.4 Å². The second kappa shape index (κ2) is 14.3. The molecule has 9 nitrogen and oxygen atoms in total. The molecule has 0 spiro atoms. The minimum absolute atomic E-state index is 0.00724. The standard InChI is InChI=1S/C33H46F3N5O4S/c1-6-7-16-46-32(4,5)14-15-38-30(44)45-22-11-8-20(9-12-22)39-24-17-21(10-13-23(24)29(37)43)41-25-18-31(2,3)19-26(42)27(25)28(40-41)33(34,35)36/h10,13,17,20,22,39H,6-9,11-12,14-16,18-19H2,1-5H3,(H2,37,43)(H,38,44)/t20-,22-. The maximum atomic E-state index is 14.0. The minimum atomic E-state index is -4.80. The molecular weight excluding hydrogens is 619 g/mol. The van der Waals surface area contributed by atoms with Crippen LogP contribution in [0, 0.1) is 5.41 Å². The quantitative estimate of drug-likeness (QED) is 0.203. The third-order valence-electron chi connectivity index (χ3n) is 8.62. The molecule has 0 bridgehead atoms. The predicted octanol–water partition coefficient (Wildman–Crippen LogP) is 7.30. The van der Waals surface area contributed by atoms with Gasteiger partial charge in [0.15, 0.2) is 11.5 Å². The molecule has 4 rings (SSSR count). The van der Waals surface area contributed by atoms with Crippen LogP contribution in [0.1, 0.15) is 118 Å². The zero-order chi connectivity index (χ0) is 33.9. The number of thioether (sulfide) groups is 1. The van der Waals surface area contributed by atoms with Gasteiger partial charge in [-0.3, -0.25) is 9.59 Å². The van der Waals surface area contributed by atoms with Crippen LogP contribution < -0.4 is 16.4 Å². The number of anilines is 1. The summed E-state index contributed by atoms with van der Waals surface area (Å²) in [6.45, 7) is 10.7. The Labute approximate surface area is 273 Å². The van der Waals surface area contributed by atoms with Gasteiger partial charge in [0.1, 0.15) is 6.10 Å². The van der Waals surface area contributed by atoms with Crippen molar-refractivity contribution in [1.82, 2.24) is 15.1 Å². The van der Waals surface area contributed by atoms with Crippen molar-refractivity contribution in [2.75, 3.05) is 17.6 Å². The van der Waals surface area contributed by atoms with Crippen molar-refractivity contribution < 1.29 is 32.3 Å². The molecule has 0 radical (unpaired) electrons. The summed E-state index contributed by atoms with van der Waals surface area (Å²) in [5, 5.41) is 10.1. The number of benzene rings is 1. The number of nitrogens with zero attached hydrogens (tertiary/aromatic N) is 2. The number of ketones is 1. The van der Waals surface area contributed by atoms with Gasteiger partial charge in [-0.2, -0.15) is 30.0 Å². The van der Waals surface area contributed by atoms with Crippen LogP contribution in [-0.2, 0) is 17.3 Å². The molecule has 1 saturated carbocycles. The van der Waals surface area contributed by atoms with Crippen molar-refractivity contribution in [3.8, 4) is 5.69 Å². The largest absolute Gasteiger partial charge is 0.446 e. The topological polar surface area (TPSA) is 128 Å². The van der Waals surface area contributed by atoms with Gasteiger partial charge >= 0.3 is 12.3 Å². The molecule has 0 saturated heterocycles. The fraction of sp³-hybridized carbons (Fsp3) is 0.636. The zero-order valence-corrected chi connectivity index (χ0v) is 28.1. The van der Waals surface area contributed by atoms with Gasteiger partial charge in [-0.25, -0.2) is 9.48 Å². The van der Waals surface area contributed by atoms with Gasteiger partial charge in [0.2, 0.25) is 0 Å². The molecule has 2 aromatic rings. The lowest BCUT2D eigenvalue weighted by Crippen LogP contribution is -2.36. The van der Waals surface area contributed by atoms with Crippen LogP contribution in [0.5, 0.6) is 0 Å². The zero-order valence-electron chi connectivity index (χ0n) is 27.3. The van der Waals surface area contributed by atoms with E-state index in [1.807, 2.05) is 25.6 Å². The van der Waals surface area contributed by atoms with Crippen LogP contribution >= 0.6 is 11.8 Å². The number of hydrogen-bond acceptors (Lipinski definition) is 7. The Hall–Kier alpha value is -3.22. The Kier molecular flexibility index (Phi) is 11.1. The fourth-order valence-electron chi connectivity index (χ4n) is 6.13. The molecule has 2 aliphatic carbocycles. The molecule has 4 N–H and O–H groups in total. The molecule has 1 aromatic carbocycles. The highest BCUT2D eigenvalue weighted by Gasteiger charge is 2.45. The van der Waals surface area contributed by atoms with E-state index in [-0.39, 0.29) is 46.7 Å². The number of amides is 2. The SMILES string of the molecule is CCCCSC(C)(C)CCNC(=O)O[C@H]1CC[C@H](Nc2cc(-n3nc(C(F)(F)F)c4c3CC(C)(C)CC4=O)ccc2C(N)=O)CC1. The van der Waals surface area contributed by atoms with Gasteiger partial charge in [-0.15, -0.1) is 0 Å². The molecule has 254 valence electrons. The van der Waals surface area contributed by atoms with E-state index >= 15 is 0 Å². The number of unbranched alkanes of at least 4 members (excludes halogenated alkanes) is 1. The fourth-order valence-corrected chi connectivity index (χ4v) is 7.36. The summed E-state index contributed by atoms with van der Waals surface area (Å²) < 4.78 is 48.8. The second-order valence-electron chi connectivity index (χ2n) is 13.8. The number of carbonyl (C=O) groups is 3. The molecule has 0 aliphatic heterocycles. The van der Waals surface area contributed by atoms with Gasteiger partial charge < -0.3 is 21.1 Å². The molecule has 13 heteroatoms. The average molecular weight is 666 g/mol. The number of nitrogens with two attached hydrogens (primary N) is 1. The highest BCUT2D eigenvalue weighted by atomic mass is 32.2. The lowest BCUT2D eigenvalue weighted by Gasteiger charge is -2.30. The van der Waals surface area contributed by atoms with E-state index in [0.717, 1.165) is 18.6 Å². The number of Topliss-reactive ketones (excluding diaryl/α,β-unsaturated/α-hetero) is 1. The molecule has 2 amide bonds. The second-order valence-corrected chi connectivity index (χ2v) is 15.6. The maximum absolute atomic E-state index is 14.0. The number of halogens is 3. The smallest absolute Gasteiger partial charge is 0.435 e. The van der Waals surface area contributed by atoms with E-state index in [2.05, 4.69) is 36.5 Å². The van der Waals surface area contributed by atoms with Crippen molar-refractivity contribution in [3.63, 3.8) is 0 Å². The lowest BCUT2D eigenvalue weighted by atomic mass is 9.75. The number of alkyl carbamates (subject to hydrolysis) is 1. The number of fused-ring (bicyclic) bond motifs is 1. The number of hydrogen-bond donors (Lipinski definition) is 3. The van der Waals surface area contributed by atoms with Crippen LogP contribution in [0.25, 0.3) is 5.69 Å². The first-order valence-corrected chi connectivity index (χ1v) is 17.0. The maximum Gasteiger partial charge on any atom is 0.435 e. The number of carbonyl (C=O) groups excluding carboxylic acids is 3. The molecule has 2 aliphatic rings.